The minimum absolute atomic E-state index is 0.895. The molecule has 3 aromatic heterocycles. The zero-order valence-corrected chi connectivity index (χ0v) is 10.6. The molecule has 4 heterocycles. The quantitative estimate of drug-likeness (QED) is 0.725. The summed E-state index contributed by atoms with van der Waals surface area (Å²) in [7, 11) is 0. The van der Waals surface area contributed by atoms with Crippen molar-refractivity contribution in [3.63, 3.8) is 0 Å². The second-order valence-corrected chi connectivity index (χ2v) is 5.38. The van der Waals surface area contributed by atoms with Crippen molar-refractivity contribution in [2.45, 2.75) is 13.0 Å². The molecule has 0 spiro atoms. The molecule has 0 saturated carbocycles. The van der Waals surface area contributed by atoms with E-state index in [-0.39, 0.29) is 0 Å². The number of fused-ring (bicyclic) bond motifs is 3. The molecule has 4 rings (SSSR count). The lowest BCUT2D eigenvalue weighted by atomic mass is 10.1. The first-order chi connectivity index (χ1) is 8.92. The third-order valence-electron chi connectivity index (χ3n) is 3.30. The van der Waals surface area contributed by atoms with Gasteiger partial charge in [-0.1, -0.05) is 6.07 Å². The summed E-state index contributed by atoms with van der Waals surface area (Å²) in [5.41, 5.74) is 4.51. The van der Waals surface area contributed by atoms with E-state index in [0.717, 1.165) is 30.9 Å². The fourth-order valence-corrected chi connectivity index (χ4v) is 3.09. The highest BCUT2D eigenvalue weighted by atomic mass is 32.1. The number of nitrogens with zero attached hydrogens (tertiary/aromatic N) is 3. The number of thiophene rings is 1. The van der Waals surface area contributed by atoms with Crippen molar-refractivity contribution in [3.05, 3.63) is 41.0 Å². The van der Waals surface area contributed by atoms with E-state index in [1.807, 2.05) is 10.7 Å². The maximum Gasteiger partial charge on any atom is 0.155 e. The van der Waals surface area contributed by atoms with Crippen LogP contribution in [0.1, 0.15) is 11.3 Å². The van der Waals surface area contributed by atoms with Crippen LogP contribution in [-0.4, -0.2) is 21.1 Å². The average molecular weight is 256 g/mol. The first kappa shape index (κ1) is 10.2. The third kappa shape index (κ3) is 1.48. The van der Waals surface area contributed by atoms with Gasteiger partial charge in [-0.05, 0) is 11.4 Å². The summed E-state index contributed by atoms with van der Waals surface area (Å²) in [6.07, 6.45) is 2.98. The van der Waals surface area contributed by atoms with Crippen molar-refractivity contribution in [1.29, 1.82) is 0 Å². The van der Waals surface area contributed by atoms with Crippen molar-refractivity contribution < 1.29 is 0 Å². The minimum atomic E-state index is 0.895. The van der Waals surface area contributed by atoms with Crippen molar-refractivity contribution in [1.82, 2.24) is 19.9 Å². The van der Waals surface area contributed by atoms with Crippen LogP contribution in [-0.2, 0) is 13.0 Å². The highest BCUT2D eigenvalue weighted by molar-refractivity contribution is 7.13. The molecule has 5 heteroatoms. The lowest BCUT2D eigenvalue weighted by molar-refractivity contribution is 0.610. The van der Waals surface area contributed by atoms with Crippen LogP contribution in [0.4, 0.5) is 0 Å². The van der Waals surface area contributed by atoms with Crippen molar-refractivity contribution in [2.75, 3.05) is 6.54 Å². The molecule has 1 N–H and O–H groups in total. The lowest BCUT2D eigenvalue weighted by Gasteiger charge is -2.16. The van der Waals surface area contributed by atoms with Crippen LogP contribution in [0, 0.1) is 0 Å². The predicted molar refractivity (Wildman–Crippen MR) is 71.7 cm³/mol. The molecule has 0 aliphatic carbocycles. The van der Waals surface area contributed by atoms with E-state index in [1.54, 1.807) is 11.3 Å². The standard InChI is InChI=1S/C13H12N4S/c1-2-12(18-5-1)10-6-13-15-8-9-7-14-4-3-11(9)17(13)16-10/h1-2,5-6,8,14H,3-4,7H2. The molecule has 0 amide bonds. The van der Waals surface area contributed by atoms with Crippen molar-refractivity contribution >= 4 is 17.0 Å². The second-order valence-electron chi connectivity index (χ2n) is 4.43. The number of hydrogen-bond acceptors (Lipinski definition) is 4. The van der Waals surface area contributed by atoms with E-state index in [1.165, 1.54) is 16.1 Å². The van der Waals surface area contributed by atoms with E-state index in [9.17, 15) is 0 Å². The Morgan fingerprint density at radius 2 is 2.39 bits per heavy atom. The van der Waals surface area contributed by atoms with Gasteiger partial charge in [-0.25, -0.2) is 9.50 Å². The van der Waals surface area contributed by atoms with Gasteiger partial charge in [0.05, 0.1) is 10.6 Å². The Kier molecular flexibility index (Phi) is 2.21. The molecule has 3 aromatic rings. The van der Waals surface area contributed by atoms with E-state index >= 15 is 0 Å². The Hall–Kier alpha value is -1.72. The molecule has 0 saturated heterocycles. The summed E-state index contributed by atoms with van der Waals surface area (Å²) in [6.45, 7) is 1.91. The Balaban J connectivity index is 1.95. The first-order valence-corrected chi connectivity index (χ1v) is 6.91. The molecule has 1 aliphatic heterocycles. The largest absolute Gasteiger partial charge is 0.312 e. The average Bonchev–Trinajstić information content (AvgIpc) is 3.07. The van der Waals surface area contributed by atoms with Gasteiger partial charge in [0, 0.05) is 37.3 Å². The van der Waals surface area contributed by atoms with Gasteiger partial charge < -0.3 is 5.32 Å². The van der Waals surface area contributed by atoms with Gasteiger partial charge in [-0.3, -0.25) is 0 Å². The molecule has 4 nitrogen and oxygen atoms in total. The van der Waals surface area contributed by atoms with Crippen LogP contribution in [0.3, 0.4) is 0 Å². The van der Waals surface area contributed by atoms with Crippen molar-refractivity contribution in [3.8, 4) is 10.6 Å². The van der Waals surface area contributed by atoms with Gasteiger partial charge in [0.25, 0.3) is 0 Å². The van der Waals surface area contributed by atoms with Crippen LogP contribution < -0.4 is 5.32 Å². The fourth-order valence-electron chi connectivity index (χ4n) is 2.41. The zero-order chi connectivity index (χ0) is 11.9. The molecule has 0 fully saturated rings. The molecule has 0 aromatic carbocycles. The topological polar surface area (TPSA) is 42.2 Å². The highest BCUT2D eigenvalue weighted by Crippen LogP contribution is 2.25. The molecular weight excluding hydrogens is 244 g/mol. The molecule has 0 atom stereocenters. The molecule has 0 bridgehead atoms. The van der Waals surface area contributed by atoms with Gasteiger partial charge in [-0.2, -0.15) is 5.10 Å². The van der Waals surface area contributed by atoms with Crippen LogP contribution >= 0.6 is 11.3 Å². The summed E-state index contributed by atoms with van der Waals surface area (Å²) in [6, 6.07) is 6.21. The summed E-state index contributed by atoms with van der Waals surface area (Å²) < 4.78 is 2.01. The fraction of sp³-hybridized carbons (Fsp3) is 0.231. The minimum Gasteiger partial charge on any atom is -0.312 e. The van der Waals surface area contributed by atoms with E-state index in [2.05, 4.69) is 33.9 Å². The molecule has 0 radical (unpaired) electrons. The monoisotopic (exact) mass is 256 g/mol. The predicted octanol–water partition coefficient (Wildman–Crippen LogP) is 2.10. The molecular formula is C13H12N4S. The third-order valence-corrected chi connectivity index (χ3v) is 4.19. The SMILES string of the molecule is c1csc(-c2cc3ncc4c(n3n2)CCNC4)c1. The van der Waals surface area contributed by atoms with Crippen molar-refractivity contribution in [2.24, 2.45) is 0 Å². The van der Waals surface area contributed by atoms with Crippen LogP contribution in [0.2, 0.25) is 0 Å². The molecule has 18 heavy (non-hydrogen) atoms. The number of aromatic nitrogens is 3. The maximum atomic E-state index is 4.71. The van der Waals surface area contributed by atoms with Crippen LogP contribution in [0.15, 0.2) is 29.8 Å². The number of hydrogen-bond donors (Lipinski definition) is 1. The summed E-state index contributed by atoms with van der Waals surface area (Å²) >= 11 is 1.71. The smallest absolute Gasteiger partial charge is 0.155 e. The Morgan fingerprint density at radius 1 is 1.39 bits per heavy atom. The highest BCUT2D eigenvalue weighted by Gasteiger charge is 2.15. The van der Waals surface area contributed by atoms with E-state index in [4.69, 9.17) is 5.10 Å². The van der Waals surface area contributed by atoms with Gasteiger partial charge in [0.2, 0.25) is 0 Å². The summed E-state index contributed by atoms with van der Waals surface area (Å²) in [5, 5.41) is 10.1. The Morgan fingerprint density at radius 3 is 3.28 bits per heavy atom. The van der Waals surface area contributed by atoms with E-state index in [0.29, 0.717) is 0 Å². The Labute approximate surface area is 108 Å². The second kappa shape index (κ2) is 3.90. The zero-order valence-electron chi connectivity index (χ0n) is 9.76. The van der Waals surface area contributed by atoms with Crippen LogP contribution in [0.5, 0.6) is 0 Å². The maximum absolute atomic E-state index is 4.71. The molecule has 0 unspecified atom stereocenters. The van der Waals surface area contributed by atoms with E-state index < -0.39 is 0 Å². The molecule has 90 valence electrons. The Bertz CT molecular complexity index is 699. The van der Waals surface area contributed by atoms with Gasteiger partial charge >= 0.3 is 0 Å². The van der Waals surface area contributed by atoms with Gasteiger partial charge in [0.15, 0.2) is 5.65 Å². The normalized spacial score (nSPS) is 14.9. The summed E-state index contributed by atoms with van der Waals surface area (Å²) in [5.74, 6) is 0. The van der Waals surface area contributed by atoms with Crippen LogP contribution in [0.25, 0.3) is 16.2 Å². The van der Waals surface area contributed by atoms with Gasteiger partial charge in [0.1, 0.15) is 5.69 Å². The number of nitrogens with one attached hydrogen (secondary N) is 1. The first-order valence-electron chi connectivity index (χ1n) is 6.03. The molecule has 1 aliphatic rings. The van der Waals surface area contributed by atoms with Gasteiger partial charge in [-0.15, -0.1) is 11.3 Å². The lowest BCUT2D eigenvalue weighted by Crippen LogP contribution is -2.26. The summed E-state index contributed by atoms with van der Waals surface area (Å²) in [4.78, 5) is 5.69. The number of rotatable bonds is 1.